The number of carboxylic acids is 1. The fraction of sp³-hybridized carbons (Fsp3) is 0.364. The van der Waals surface area contributed by atoms with Crippen molar-refractivity contribution in [2.45, 2.75) is 19.4 Å². The minimum absolute atomic E-state index is 0.0634. The molecule has 16 heavy (non-hydrogen) atoms. The van der Waals surface area contributed by atoms with E-state index in [2.05, 4.69) is 5.32 Å². The van der Waals surface area contributed by atoms with Gasteiger partial charge in [0.1, 0.15) is 11.9 Å². The van der Waals surface area contributed by atoms with E-state index in [0.717, 1.165) is 6.42 Å². The molecule has 0 aliphatic carbocycles. The Balaban J connectivity index is 3.00. The van der Waals surface area contributed by atoms with Gasteiger partial charge in [0.15, 0.2) is 0 Å². The number of benzene rings is 1. The number of carboxylic acid groups (broad SMARTS) is 1. The van der Waals surface area contributed by atoms with E-state index in [1.807, 2.05) is 6.92 Å². The average molecular weight is 246 g/mol. The van der Waals surface area contributed by atoms with Gasteiger partial charge in [-0.25, -0.2) is 4.39 Å². The molecule has 2 N–H and O–H groups in total. The predicted molar refractivity (Wildman–Crippen MR) is 60.1 cm³/mol. The summed E-state index contributed by atoms with van der Waals surface area (Å²) in [6.45, 7) is 2.41. The minimum atomic E-state index is -1.12. The highest BCUT2D eigenvalue weighted by molar-refractivity contribution is 6.30. The Hall–Kier alpha value is -1.13. The molecule has 0 saturated heterocycles. The predicted octanol–water partition coefficient (Wildman–Crippen LogP) is 2.60. The number of hydrogen-bond donors (Lipinski definition) is 2. The van der Waals surface area contributed by atoms with E-state index in [-0.39, 0.29) is 5.56 Å². The normalized spacial score (nSPS) is 12.4. The maximum atomic E-state index is 13.4. The molecule has 0 amide bonds. The van der Waals surface area contributed by atoms with E-state index in [4.69, 9.17) is 16.7 Å². The van der Waals surface area contributed by atoms with Crippen molar-refractivity contribution < 1.29 is 14.3 Å². The van der Waals surface area contributed by atoms with Crippen molar-refractivity contribution in [2.24, 2.45) is 0 Å². The highest BCUT2D eigenvalue weighted by atomic mass is 35.5. The van der Waals surface area contributed by atoms with Crippen molar-refractivity contribution in [3.05, 3.63) is 34.6 Å². The number of aliphatic carboxylic acids is 1. The summed E-state index contributed by atoms with van der Waals surface area (Å²) >= 11 is 5.71. The molecule has 1 aromatic rings. The zero-order valence-electron chi connectivity index (χ0n) is 8.84. The van der Waals surface area contributed by atoms with E-state index in [9.17, 15) is 9.18 Å². The Morgan fingerprint density at radius 1 is 1.62 bits per heavy atom. The van der Waals surface area contributed by atoms with Crippen LogP contribution in [0.3, 0.4) is 0 Å². The largest absolute Gasteiger partial charge is 0.480 e. The third-order valence-electron chi connectivity index (χ3n) is 2.11. The lowest BCUT2D eigenvalue weighted by atomic mass is 10.1. The third kappa shape index (κ3) is 3.18. The summed E-state index contributed by atoms with van der Waals surface area (Å²) in [6.07, 6.45) is 0.770. The minimum Gasteiger partial charge on any atom is -0.480 e. The SMILES string of the molecule is CCCNC(C(=O)O)c1cc(Cl)ccc1F. The first-order valence-electron chi connectivity index (χ1n) is 4.97. The fourth-order valence-electron chi connectivity index (χ4n) is 1.35. The standard InChI is InChI=1S/C11H13ClFNO2/c1-2-5-14-10(11(15)16)8-6-7(12)3-4-9(8)13/h3-4,6,10,14H,2,5H2,1H3,(H,15,16). The number of hydrogen-bond acceptors (Lipinski definition) is 2. The third-order valence-corrected chi connectivity index (χ3v) is 2.35. The van der Waals surface area contributed by atoms with Crippen molar-refractivity contribution in [2.75, 3.05) is 6.54 Å². The van der Waals surface area contributed by atoms with Crippen LogP contribution >= 0.6 is 11.6 Å². The molecule has 1 rings (SSSR count). The first kappa shape index (κ1) is 12.9. The van der Waals surface area contributed by atoms with E-state index in [0.29, 0.717) is 11.6 Å². The number of halogens is 2. The summed E-state index contributed by atoms with van der Waals surface area (Å²) in [4.78, 5) is 11.0. The Morgan fingerprint density at radius 2 is 2.31 bits per heavy atom. The summed E-state index contributed by atoms with van der Waals surface area (Å²) in [5.74, 6) is -1.69. The molecule has 0 saturated carbocycles. The van der Waals surface area contributed by atoms with Gasteiger partial charge in [-0.2, -0.15) is 0 Å². The van der Waals surface area contributed by atoms with Crippen LogP contribution in [0.5, 0.6) is 0 Å². The summed E-state index contributed by atoms with van der Waals surface area (Å²) < 4.78 is 13.4. The van der Waals surface area contributed by atoms with Crippen molar-refractivity contribution in [1.82, 2.24) is 5.32 Å². The molecule has 0 heterocycles. The summed E-state index contributed by atoms with van der Waals surface area (Å²) in [7, 11) is 0. The van der Waals surface area contributed by atoms with Crippen LogP contribution in [0.2, 0.25) is 5.02 Å². The molecule has 1 unspecified atom stereocenters. The van der Waals surface area contributed by atoms with Gasteiger partial charge in [-0.1, -0.05) is 18.5 Å². The quantitative estimate of drug-likeness (QED) is 0.838. The Kier molecular flexibility index (Phi) is 4.71. The maximum Gasteiger partial charge on any atom is 0.325 e. The van der Waals surface area contributed by atoms with Crippen LogP contribution in [0.25, 0.3) is 0 Å². The van der Waals surface area contributed by atoms with Crippen LogP contribution in [0, 0.1) is 5.82 Å². The molecule has 0 fully saturated rings. The van der Waals surface area contributed by atoms with Gasteiger partial charge in [0.25, 0.3) is 0 Å². The molecule has 0 bridgehead atoms. The van der Waals surface area contributed by atoms with Crippen LogP contribution in [0.15, 0.2) is 18.2 Å². The van der Waals surface area contributed by atoms with Gasteiger partial charge >= 0.3 is 5.97 Å². The second kappa shape index (κ2) is 5.82. The van der Waals surface area contributed by atoms with Crippen LogP contribution in [0.4, 0.5) is 4.39 Å². The summed E-state index contributed by atoms with van der Waals surface area (Å²) in [5, 5.41) is 12.1. The van der Waals surface area contributed by atoms with Crippen molar-refractivity contribution in [3.63, 3.8) is 0 Å². The first-order chi connectivity index (χ1) is 7.56. The smallest absolute Gasteiger partial charge is 0.325 e. The molecule has 3 nitrogen and oxygen atoms in total. The van der Waals surface area contributed by atoms with Gasteiger partial charge in [0.05, 0.1) is 0 Å². The molecule has 0 aliphatic heterocycles. The fourth-order valence-corrected chi connectivity index (χ4v) is 1.54. The van der Waals surface area contributed by atoms with Gasteiger partial charge in [0.2, 0.25) is 0 Å². The highest BCUT2D eigenvalue weighted by Crippen LogP contribution is 2.21. The van der Waals surface area contributed by atoms with Gasteiger partial charge in [-0.05, 0) is 31.2 Å². The summed E-state index contributed by atoms with van der Waals surface area (Å²) in [6, 6.07) is 2.83. The lowest BCUT2D eigenvalue weighted by Gasteiger charge is -2.15. The number of nitrogens with one attached hydrogen (secondary N) is 1. The summed E-state index contributed by atoms with van der Waals surface area (Å²) in [5.41, 5.74) is 0.0634. The molecule has 88 valence electrons. The number of rotatable bonds is 5. The molecular formula is C11H13ClFNO2. The average Bonchev–Trinajstić information content (AvgIpc) is 2.23. The second-order valence-corrected chi connectivity index (χ2v) is 3.83. The van der Waals surface area contributed by atoms with Crippen molar-refractivity contribution in [3.8, 4) is 0 Å². The molecule has 1 aromatic carbocycles. The molecule has 0 spiro atoms. The topological polar surface area (TPSA) is 49.3 Å². The van der Waals surface area contributed by atoms with E-state index in [1.54, 1.807) is 0 Å². The van der Waals surface area contributed by atoms with Gasteiger partial charge < -0.3 is 10.4 Å². The highest BCUT2D eigenvalue weighted by Gasteiger charge is 2.22. The van der Waals surface area contributed by atoms with Gasteiger partial charge in [-0.3, -0.25) is 4.79 Å². The Morgan fingerprint density at radius 3 is 2.88 bits per heavy atom. The van der Waals surface area contributed by atoms with Crippen molar-refractivity contribution in [1.29, 1.82) is 0 Å². The zero-order chi connectivity index (χ0) is 12.1. The number of carbonyl (C=O) groups is 1. The van der Waals surface area contributed by atoms with E-state index >= 15 is 0 Å². The Labute approximate surface area is 98.2 Å². The lowest BCUT2D eigenvalue weighted by Crippen LogP contribution is -2.29. The lowest BCUT2D eigenvalue weighted by molar-refractivity contribution is -0.139. The van der Waals surface area contributed by atoms with E-state index < -0.39 is 17.8 Å². The van der Waals surface area contributed by atoms with Crippen LogP contribution in [-0.4, -0.2) is 17.6 Å². The van der Waals surface area contributed by atoms with E-state index in [1.165, 1.54) is 18.2 Å². The maximum absolute atomic E-state index is 13.4. The molecule has 5 heteroatoms. The molecule has 0 aliphatic rings. The Bertz CT molecular complexity index is 384. The van der Waals surface area contributed by atoms with Crippen LogP contribution in [-0.2, 0) is 4.79 Å². The monoisotopic (exact) mass is 245 g/mol. The zero-order valence-corrected chi connectivity index (χ0v) is 9.59. The molecular weight excluding hydrogens is 233 g/mol. The van der Waals surface area contributed by atoms with Crippen molar-refractivity contribution >= 4 is 17.6 Å². The second-order valence-electron chi connectivity index (χ2n) is 3.39. The molecule has 1 atom stereocenters. The van der Waals surface area contributed by atoms with Crippen LogP contribution < -0.4 is 5.32 Å². The molecule has 0 radical (unpaired) electrons. The molecule has 0 aromatic heterocycles. The van der Waals surface area contributed by atoms with Crippen LogP contribution in [0.1, 0.15) is 24.9 Å². The first-order valence-corrected chi connectivity index (χ1v) is 5.35. The van der Waals surface area contributed by atoms with Gasteiger partial charge in [-0.15, -0.1) is 0 Å². The van der Waals surface area contributed by atoms with Gasteiger partial charge in [0, 0.05) is 10.6 Å².